The predicted octanol–water partition coefficient (Wildman–Crippen LogP) is 1.49. The number of hydrogen-bond acceptors (Lipinski definition) is 3. The van der Waals surface area contributed by atoms with E-state index in [0.717, 1.165) is 6.42 Å². The van der Waals surface area contributed by atoms with Crippen LogP contribution < -0.4 is 16.0 Å². The molecular weight excluding hydrogens is 318 g/mol. The minimum absolute atomic E-state index is 0.102. The summed E-state index contributed by atoms with van der Waals surface area (Å²) < 4.78 is 0. The molecule has 7 heteroatoms. The van der Waals surface area contributed by atoms with Crippen LogP contribution in [0.3, 0.4) is 0 Å². The Morgan fingerprint density at radius 3 is 2.35 bits per heavy atom. The highest BCUT2D eigenvalue weighted by molar-refractivity contribution is 6.30. The van der Waals surface area contributed by atoms with Crippen LogP contribution in [-0.2, 0) is 9.59 Å². The van der Waals surface area contributed by atoms with Crippen LogP contribution in [0.4, 0.5) is 0 Å². The lowest BCUT2D eigenvalue weighted by Gasteiger charge is -2.14. The molecule has 1 unspecified atom stereocenters. The Morgan fingerprint density at radius 2 is 1.74 bits per heavy atom. The Kier molecular flexibility index (Phi) is 8.11. The SMILES string of the molecule is CCCNC(=O)C(C)NC(=O)CCNC(=O)c1ccc(Cl)cc1. The third kappa shape index (κ3) is 7.15. The molecule has 3 amide bonds. The average Bonchev–Trinajstić information content (AvgIpc) is 2.52. The Labute approximate surface area is 141 Å². The first kappa shape index (κ1) is 19.0. The molecule has 0 saturated carbocycles. The molecule has 1 aromatic rings. The summed E-state index contributed by atoms with van der Waals surface area (Å²) in [5, 5.41) is 8.49. The van der Waals surface area contributed by atoms with Gasteiger partial charge in [0, 0.05) is 30.1 Å². The van der Waals surface area contributed by atoms with Gasteiger partial charge in [0.1, 0.15) is 6.04 Å². The number of hydrogen-bond donors (Lipinski definition) is 3. The van der Waals surface area contributed by atoms with Gasteiger partial charge >= 0.3 is 0 Å². The van der Waals surface area contributed by atoms with E-state index in [-0.39, 0.29) is 30.7 Å². The molecule has 6 nitrogen and oxygen atoms in total. The molecule has 0 saturated heterocycles. The first-order valence-corrected chi connectivity index (χ1v) is 7.92. The van der Waals surface area contributed by atoms with Crippen LogP contribution in [0.1, 0.15) is 37.0 Å². The number of benzene rings is 1. The molecule has 1 aromatic carbocycles. The van der Waals surface area contributed by atoms with Crippen molar-refractivity contribution in [3.05, 3.63) is 34.9 Å². The fourth-order valence-electron chi connectivity index (χ4n) is 1.77. The maximum absolute atomic E-state index is 11.8. The van der Waals surface area contributed by atoms with Gasteiger partial charge in [-0.05, 0) is 37.6 Å². The second-order valence-electron chi connectivity index (χ2n) is 5.09. The molecule has 1 atom stereocenters. The zero-order valence-electron chi connectivity index (χ0n) is 13.3. The van der Waals surface area contributed by atoms with Crippen molar-refractivity contribution < 1.29 is 14.4 Å². The zero-order chi connectivity index (χ0) is 17.2. The molecule has 0 aromatic heterocycles. The first-order chi connectivity index (χ1) is 10.9. The molecule has 126 valence electrons. The number of halogens is 1. The van der Waals surface area contributed by atoms with Crippen LogP contribution in [-0.4, -0.2) is 36.9 Å². The van der Waals surface area contributed by atoms with E-state index >= 15 is 0 Å². The van der Waals surface area contributed by atoms with Crippen molar-refractivity contribution in [2.24, 2.45) is 0 Å². The van der Waals surface area contributed by atoms with Gasteiger partial charge in [0.05, 0.1) is 0 Å². The van der Waals surface area contributed by atoms with Crippen molar-refractivity contribution in [3.8, 4) is 0 Å². The van der Waals surface area contributed by atoms with Gasteiger partial charge in [0.2, 0.25) is 11.8 Å². The van der Waals surface area contributed by atoms with Crippen molar-refractivity contribution in [1.82, 2.24) is 16.0 Å². The van der Waals surface area contributed by atoms with Gasteiger partial charge in [-0.3, -0.25) is 14.4 Å². The van der Waals surface area contributed by atoms with Crippen molar-refractivity contribution in [2.45, 2.75) is 32.7 Å². The Bertz CT molecular complexity index is 546. The molecular formula is C16H22ClN3O3. The van der Waals surface area contributed by atoms with Crippen molar-refractivity contribution in [2.75, 3.05) is 13.1 Å². The van der Waals surface area contributed by atoms with Crippen LogP contribution in [0, 0.1) is 0 Å². The molecule has 0 radical (unpaired) electrons. The van der Waals surface area contributed by atoms with Crippen LogP contribution in [0.25, 0.3) is 0 Å². The fraction of sp³-hybridized carbons (Fsp3) is 0.438. The molecule has 23 heavy (non-hydrogen) atoms. The van der Waals surface area contributed by atoms with Gasteiger partial charge in [-0.15, -0.1) is 0 Å². The highest BCUT2D eigenvalue weighted by atomic mass is 35.5. The molecule has 0 heterocycles. The number of amides is 3. The molecule has 3 N–H and O–H groups in total. The van der Waals surface area contributed by atoms with Crippen molar-refractivity contribution >= 4 is 29.3 Å². The van der Waals surface area contributed by atoms with Gasteiger partial charge in [-0.25, -0.2) is 0 Å². The lowest BCUT2D eigenvalue weighted by molar-refractivity contribution is -0.128. The maximum Gasteiger partial charge on any atom is 0.251 e. The average molecular weight is 340 g/mol. The van der Waals surface area contributed by atoms with Gasteiger partial charge in [0.25, 0.3) is 5.91 Å². The fourth-order valence-corrected chi connectivity index (χ4v) is 1.90. The Balaban J connectivity index is 2.29. The van der Waals surface area contributed by atoms with E-state index in [4.69, 9.17) is 11.6 Å². The number of rotatable bonds is 8. The summed E-state index contributed by atoms with van der Waals surface area (Å²) in [5.41, 5.74) is 0.474. The van der Waals surface area contributed by atoms with Crippen LogP contribution in [0.2, 0.25) is 5.02 Å². The summed E-state index contributed by atoms with van der Waals surface area (Å²) in [6.45, 7) is 4.34. The van der Waals surface area contributed by atoms with Crippen molar-refractivity contribution in [3.63, 3.8) is 0 Å². The van der Waals surface area contributed by atoms with E-state index < -0.39 is 6.04 Å². The molecule has 1 rings (SSSR count). The lowest BCUT2D eigenvalue weighted by atomic mass is 10.2. The molecule has 0 aliphatic heterocycles. The summed E-state index contributed by atoms with van der Waals surface area (Å²) in [7, 11) is 0. The third-order valence-corrected chi connectivity index (χ3v) is 3.32. The van der Waals surface area contributed by atoms with Gasteiger partial charge in [-0.2, -0.15) is 0 Å². The second-order valence-corrected chi connectivity index (χ2v) is 5.53. The largest absolute Gasteiger partial charge is 0.354 e. The Morgan fingerprint density at radius 1 is 1.09 bits per heavy atom. The zero-order valence-corrected chi connectivity index (χ0v) is 14.1. The maximum atomic E-state index is 11.8. The van der Waals surface area contributed by atoms with Gasteiger partial charge in [-0.1, -0.05) is 18.5 Å². The molecule has 0 spiro atoms. The van der Waals surface area contributed by atoms with E-state index in [1.54, 1.807) is 31.2 Å². The second kappa shape index (κ2) is 9.84. The van der Waals surface area contributed by atoms with E-state index in [0.29, 0.717) is 17.1 Å². The highest BCUT2D eigenvalue weighted by Crippen LogP contribution is 2.09. The minimum atomic E-state index is -0.596. The monoisotopic (exact) mass is 339 g/mol. The molecule has 0 fully saturated rings. The van der Waals surface area contributed by atoms with Crippen molar-refractivity contribution in [1.29, 1.82) is 0 Å². The van der Waals surface area contributed by atoms with E-state index in [9.17, 15) is 14.4 Å². The third-order valence-electron chi connectivity index (χ3n) is 3.06. The lowest BCUT2D eigenvalue weighted by Crippen LogP contribution is -2.45. The van der Waals surface area contributed by atoms with E-state index in [2.05, 4.69) is 16.0 Å². The van der Waals surface area contributed by atoms with Gasteiger partial charge < -0.3 is 16.0 Å². The smallest absolute Gasteiger partial charge is 0.251 e. The minimum Gasteiger partial charge on any atom is -0.354 e. The summed E-state index contributed by atoms with van der Waals surface area (Å²) >= 11 is 5.75. The van der Waals surface area contributed by atoms with E-state index in [1.165, 1.54) is 0 Å². The summed E-state index contributed by atoms with van der Waals surface area (Å²) in [6, 6.07) is 5.87. The summed E-state index contributed by atoms with van der Waals surface area (Å²) in [4.78, 5) is 35.2. The quantitative estimate of drug-likeness (QED) is 0.670. The summed E-state index contributed by atoms with van der Waals surface area (Å²) in [5.74, 6) is -0.783. The van der Waals surface area contributed by atoms with Crippen LogP contribution in [0.5, 0.6) is 0 Å². The molecule has 0 bridgehead atoms. The first-order valence-electron chi connectivity index (χ1n) is 7.55. The normalized spacial score (nSPS) is 11.4. The highest BCUT2D eigenvalue weighted by Gasteiger charge is 2.14. The number of carbonyl (C=O) groups excluding carboxylic acids is 3. The topological polar surface area (TPSA) is 87.3 Å². The summed E-state index contributed by atoms with van der Waals surface area (Å²) in [6.07, 6.45) is 0.938. The molecule has 0 aliphatic carbocycles. The van der Waals surface area contributed by atoms with Gasteiger partial charge in [0.15, 0.2) is 0 Å². The van der Waals surface area contributed by atoms with Crippen LogP contribution >= 0.6 is 11.6 Å². The standard InChI is InChI=1S/C16H22ClN3O3/c1-3-9-18-15(22)11(2)20-14(21)8-10-19-16(23)12-4-6-13(17)7-5-12/h4-7,11H,3,8-10H2,1-2H3,(H,18,22)(H,19,23)(H,20,21). The number of nitrogens with one attached hydrogen (secondary N) is 3. The van der Waals surface area contributed by atoms with Crippen LogP contribution in [0.15, 0.2) is 24.3 Å². The number of carbonyl (C=O) groups is 3. The Hall–Kier alpha value is -2.08. The predicted molar refractivity (Wildman–Crippen MR) is 89.3 cm³/mol. The van der Waals surface area contributed by atoms with E-state index in [1.807, 2.05) is 6.92 Å². The molecule has 0 aliphatic rings.